The fourth-order valence-electron chi connectivity index (χ4n) is 4.60. The molecule has 5 rings (SSSR count). The van der Waals surface area contributed by atoms with Crippen LogP contribution in [0.4, 0.5) is 16.0 Å². The van der Waals surface area contributed by atoms with Gasteiger partial charge in [-0.25, -0.2) is 22.8 Å². The van der Waals surface area contributed by atoms with Gasteiger partial charge in [0.2, 0.25) is 16.0 Å². The highest BCUT2D eigenvalue weighted by molar-refractivity contribution is 7.93. The zero-order valence-corrected chi connectivity index (χ0v) is 18.7. The van der Waals surface area contributed by atoms with E-state index in [0.717, 1.165) is 0 Å². The summed E-state index contributed by atoms with van der Waals surface area (Å²) in [5.74, 6) is -0.539. The fourth-order valence-corrected chi connectivity index (χ4v) is 6.16. The molecule has 3 aromatic rings. The molecule has 2 aliphatic heterocycles. The number of halogens is 1. The van der Waals surface area contributed by atoms with Crippen LogP contribution in [0.5, 0.6) is 0 Å². The van der Waals surface area contributed by atoms with Gasteiger partial charge in [0.15, 0.2) is 0 Å². The number of nitrogens with zero attached hydrogens (tertiary/aromatic N) is 3. The van der Waals surface area contributed by atoms with Crippen LogP contribution in [0.15, 0.2) is 42.5 Å². The first-order valence-electron chi connectivity index (χ1n) is 10.6. The zero-order chi connectivity index (χ0) is 23.3. The van der Waals surface area contributed by atoms with E-state index in [1.54, 1.807) is 37.3 Å². The largest absolute Gasteiger partial charge is 0.368 e. The first-order chi connectivity index (χ1) is 15.7. The van der Waals surface area contributed by atoms with E-state index in [9.17, 15) is 17.6 Å². The van der Waals surface area contributed by atoms with Gasteiger partial charge in [0.25, 0.3) is 5.91 Å². The van der Waals surface area contributed by atoms with E-state index < -0.39 is 21.9 Å². The summed E-state index contributed by atoms with van der Waals surface area (Å²) in [5.41, 5.74) is 9.71. The number of sulfonamides is 1. The number of benzene rings is 2. The number of anilines is 2. The molecule has 0 bridgehead atoms. The molecule has 0 spiro atoms. The number of fused-ring (bicyclic) bond motifs is 1. The normalized spacial score (nSPS) is 19.3. The smallest absolute Gasteiger partial charge is 0.255 e. The van der Waals surface area contributed by atoms with E-state index in [4.69, 9.17) is 5.73 Å². The van der Waals surface area contributed by atoms with Crippen molar-refractivity contribution in [2.75, 3.05) is 22.3 Å². The number of carbonyl (C=O) groups excluding carboxylic acids is 1. The van der Waals surface area contributed by atoms with Gasteiger partial charge in [0, 0.05) is 13.0 Å². The molecule has 3 heterocycles. The van der Waals surface area contributed by atoms with E-state index in [0.29, 0.717) is 58.7 Å². The number of aromatic nitrogens is 2. The van der Waals surface area contributed by atoms with Crippen molar-refractivity contribution in [2.24, 2.45) is 0 Å². The van der Waals surface area contributed by atoms with Crippen LogP contribution >= 0.6 is 0 Å². The second-order valence-electron chi connectivity index (χ2n) is 8.24. The van der Waals surface area contributed by atoms with Gasteiger partial charge in [-0.1, -0.05) is 18.2 Å². The molecule has 0 saturated carbocycles. The number of hydrogen-bond acceptors (Lipinski definition) is 6. The molecule has 1 atom stereocenters. The summed E-state index contributed by atoms with van der Waals surface area (Å²) in [6, 6.07) is 10.9. The Bertz CT molecular complexity index is 1390. The number of nitrogens with two attached hydrogens (primary N) is 1. The summed E-state index contributed by atoms with van der Waals surface area (Å²) in [4.78, 5) is 21.2. The third-order valence-electron chi connectivity index (χ3n) is 6.05. The average molecular weight is 468 g/mol. The van der Waals surface area contributed by atoms with E-state index in [1.165, 1.54) is 16.4 Å². The average Bonchev–Trinajstić information content (AvgIpc) is 3.12. The lowest BCUT2D eigenvalue weighted by Crippen LogP contribution is -2.37. The molecule has 10 heteroatoms. The van der Waals surface area contributed by atoms with Gasteiger partial charge in [-0.2, -0.15) is 0 Å². The third kappa shape index (κ3) is 3.80. The van der Waals surface area contributed by atoms with Crippen LogP contribution in [0.1, 0.15) is 39.8 Å². The summed E-state index contributed by atoms with van der Waals surface area (Å²) in [5, 5.41) is 2.97. The number of rotatable bonds is 3. The van der Waals surface area contributed by atoms with Crippen LogP contribution < -0.4 is 15.4 Å². The molecule has 2 aromatic carbocycles. The Morgan fingerprint density at radius 3 is 2.76 bits per heavy atom. The molecule has 1 fully saturated rings. The van der Waals surface area contributed by atoms with Crippen molar-refractivity contribution in [1.29, 1.82) is 0 Å². The zero-order valence-electron chi connectivity index (χ0n) is 17.9. The lowest BCUT2D eigenvalue weighted by Gasteiger charge is -2.28. The SMILES string of the molecule is Cc1nc(N)nc2c1C(=O)N[C@@H](c1ccc(F)cc1-c1cccc(N3CCCS3(=O)=O)c1)C2. The van der Waals surface area contributed by atoms with Crippen molar-refractivity contribution in [2.45, 2.75) is 25.8 Å². The summed E-state index contributed by atoms with van der Waals surface area (Å²) >= 11 is 0. The predicted octanol–water partition coefficient (Wildman–Crippen LogP) is 2.74. The fraction of sp³-hybridized carbons (Fsp3) is 0.261. The van der Waals surface area contributed by atoms with Crippen molar-refractivity contribution < 1.29 is 17.6 Å². The van der Waals surface area contributed by atoms with Gasteiger partial charge >= 0.3 is 0 Å². The van der Waals surface area contributed by atoms with E-state index in [1.807, 2.05) is 0 Å². The second kappa shape index (κ2) is 7.80. The number of hydrogen-bond donors (Lipinski definition) is 2. The highest BCUT2D eigenvalue weighted by Crippen LogP contribution is 2.36. The third-order valence-corrected chi connectivity index (χ3v) is 7.92. The lowest BCUT2D eigenvalue weighted by atomic mass is 9.89. The first kappa shape index (κ1) is 21.3. The van der Waals surface area contributed by atoms with Crippen LogP contribution in [0.25, 0.3) is 11.1 Å². The second-order valence-corrected chi connectivity index (χ2v) is 10.3. The molecular weight excluding hydrogens is 445 g/mol. The number of aryl methyl sites for hydroxylation is 1. The Labute approximate surface area is 190 Å². The van der Waals surface area contributed by atoms with Gasteiger partial charge in [-0.15, -0.1) is 0 Å². The molecule has 3 N–H and O–H groups in total. The molecule has 1 amide bonds. The minimum absolute atomic E-state index is 0.0959. The van der Waals surface area contributed by atoms with E-state index >= 15 is 0 Å². The van der Waals surface area contributed by atoms with Crippen LogP contribution in [0.2, 0.25) is 0 Å². The Morgan fingerprint density at radius 2 is 2.00 bits per heavy atom. The molecule has 0 aliphatic carbocycles. The maximum atomic E-state index is 14.3. The number of carbonyl (C=O) groups is 1. The van der Waals surface area contributed by atoms with Crippen LogP contribution in [0, 0.1) is 12.7 Å². The van der Waals surface area contributed by atoms with E-state index in [2.05, 4.69) is 15.3 Å². The number of nitrogen functional groups attached to an aromatic ring is 1. The molecule has 1 aromatic heterocycles. The Kier molecular flexibility index (Phi) is 5.04. The monoisotopic (exact) mass is 467 g/mol. The minimum atomic E-state index is -3.35. The first-order valence-corrected chi connectivity index (χ1v) is 12.2. The Hall–Kier alpha value is -3.53. The molecule has 0 radical (unpaired) electrons. The van der Waals surface area contributed by atoms with Crippen molar-refractivity contribution in [3.8, 4) is 11.1 Å². The summed E-state index contributed by atoms with van der Waals surface area (Å²) < 4.78 is 40.5. The van der Waals surface area contributed by atoms with Crippen molar-refractivity contribution in [3.05, 3.63) is 70.8 Å². The van der Waals surface area contributed by atoms with Crippen molar-refractivity contribution >= 4 is 27.6 Å². The van der Waals surface area contributed by atoms with Crippen LogP contribution in [-0.2, 0) is 16.4 Å². The summed E-state index contributed by atoms with van der Waals surface area (Å²) in [6.07, 6.45) is 0.934. The molecule has 1 saturated heterocycles. The topological polar surface area (TPSA) is 118 Å². The highest BCUT2D eigenvalue weighted by atomic mass is 32.2. The van der Waals surface area contributed by atoms with Gasteiger partial charge < -0.3 is 11.1 Å². The van der Waals surface area contributed by atoms with Gasteiger partial charge in [-0.05, 0) is 54.3 Å². The molecule has 8 nitrogen and oxygen atoms in total. The van der Waals surface area contributed by atoms with Crippen LogP contribution in [-0.4, -0.2) is 36.6 Å². The molecule has 2 aliphatic rings. The molecule has 0 unspecified atom stereocenters. The van der Waals surface area contributed by atoms with Crippen molar-refractivity contribution in [1.82, 2.24) is 15.3 Å². The standard InChI is InChI=1S/C23H22FN5O3S/c1-13-21-20(28-23(25)26-13)12-19(27-22(21)30)17-7-6-15(24)11-18(17)14-4-2-5-16(10-14)29-8-3-9-33(29,31)32/h2,4-7,10-11,19H,3,8-9,12H2,1H3,(H,27,30)(H2,25,26,28)/t19-/m1/s1. The summed E-state index contributed by atoms with van der Waals surface area (Å²) in [6.45, 7) is 2.12. The quantitative estimate of drug-likeness (QED) is 0.612. The number of nitrogens with one attached hydrogen (secondary N) is 1. The number of amides is 1. The Balaban J connectivity index is 1.58. The Morgan fingerprint density at radius 1 is 1.18 bits per heavy atom. The van der Waals surface area contributed by atoms with Crippen molar-refractivity contribution in [3.63, 3.8) is 0 Å². The molecule has 33 heavy (non-hydrogen) atoms. The maximum absolute atomic E-state index is 14.3. The lowest BCUT2D eigenvalue weighted by molar-refractivity contribution is 0.0922. The molecule has 170 valence electrons. The highest BCUT2D eigenvalue weighted by Gasteiger charge is 2.31. The van der Waals surface area contributed by atoms with Gasteiger partial charge in [0.05, 0.1) is 34.4 Å². The predicted molar refractivity (Wildman–Crippen MR) is 123 cm³/mol. The summed E-state index contributed by atoms with van der Waals surface area (Å²) in [7, 11) is -3.35. The maximum Gasteiger partial charge on any atom is 0.255 e. The minimum Gasteiger partial charge on any atom is -0.368 e. The van der Waals surface area contributed by atoms with E-state index in [-0.39, 0.29) is 17.6 Å². The van der Waals surface area contributed by atoms with Crippen LogP contribution in [0.3, 0.4) is 0 Å². The van der Waals surface area contributed by atoms with Gasteiger partial charge in [-0.3, -0.25) is 9.10 Å². The molecular formula is C23H22FN5O3S. The van der Waals surface area contributed by atoms with Gasteiger partial charge in [0.1, 0.15) is 5.82 Å².